The minimum atomic E-state index is 0.601. The first-order chi connectivity index (χ1) is 9.69. The van der Waals surface area contributed by atoms with Crippen LogP contribution < -0.4 is 10.2 Å². The third-order valence-electron chi connectivity index (χ3n) is 3.86. The molecule has 1 saturated heterocycles. The zero-order chi connectivity index (χ0) is 14.1. The maximum Gasteiger partial charge on any atom is 0.226 e. The zero-order valence-electron chi connectivity index (χ0n) is 12.2. The van der Waals surface area contributed by atoms with Crippen LogP contribution in [-0.4, -0.2) is 64.3 Å². The fourth-order valence-electron chi connectivity index (χ4n) is 2.62. The van der Waals surface area contributed by atoms with Gasteiger partial charge in [0.25, 0.3) is 0 Å². The van der Waals surface area contributed by atoms with Crippen molar-refractivity contribution >= 4 is 22.8 Å². The highest BCUT2D eigenvalue weighted by Crippen LogP contribution is 2.24. The lowest BCUT2D eigenvalue weighted by Gasteiger charge is -2.37. The van der Waals surface area contributed by atoms with Crippen LogP contribution in [0.5, 0.6) is 0 Å². The SMILES string of the molecule is CNc1nc(N2CCN(C(C)C)CC2)c2cn[nH]c2n1. The van der Waals surface area contributed by atoms with Crippen molar-refractivity contribution in [2.75, 3.05) is 43.4 Å². The first kappa shape index (κ1) is 13.1. The average molecular weight is 275 g/mol. The number of hydrogen-bond acceptors (Lipinski definition) is 6. The molecule has 0 aliphatic carbocycles. The number of fused-ring (bicyclic) bond motifs is 1. The molecule has 0 atom stereocenters. The number of nitrogens with one attached hydrogen (secondary N) is 2. The fourth-order valence-corrected chi connectivity index (χ4v) is 2.62. The average Bonchev–Trinajstić information content (AvgIpc) is 2.94. The Bertz CT molecular complexity index is 583. The molecule has 1 aliphatic rings. The summed E-state index contributed by atoms with van der Waals surface area (Å²) < 4.78 is 0. The summed E-state index contributed by atoms with van der Waals surface area (Å²) in [6, 6.07) is 0.601. The quantitative estimate of drug-likeness (QED) is 0.868. The monoisotopic (exact) mass is 275 g/mol. The number of rotatable bonds is 3. The highest BCUT2D eigenvalue weighted by atomic mass is 15.3. The Kier molecular flexibility index (Phi) is 3.43. The first-order valence-electron chi connectivity index (χ1n) is 7.07. The van der Waals surface area contributed by atoms with Gasteiger partial charge in [0.05, 0.1) is 11.6 Å². The van der Waals surface area contributed by atoms with Crippen molar-refractivity contribution in [3.63, 3.8) is 0 Å². The second kappa shape index (κ2) is 5.24. The van der Waals surface area contributed by atoms with E-state index in [2.05, 4.69) is 49.1 Å². The predicted molar refractivity (Wildman–Crippen MR) is 80.2 cm³/mol. The van der Waals surface area contributed by atoms with Crippen molar-refractivity contribution in [3.05, 3.63) is 6.20 Å². The van der Waals surface area contributed by atoms with Crippen LogP contribution in [0.3, 0.4) is 0 Å². The van der Waals surface area contributed by atoms with Gasteiger partial charge < -0.3 is 10.2 Å². The van der Waals surface area contributed by atoms with Crippen LogP contribution in [0.25, 0.3) is 11.0 Å². The summed E-state index contributed by atoms with van der Waals surface area (Å²) in [4.78, 5) is 13.8. The van der Waals surface area contributed by atoms with Crippen LogP contribution >= 0.6 is 0 Å². The van der Waals surface area contributed by atoms with E-state index < -0.39 is 0 Å². The Morgan fingerprint density at radius 1 is 1.20 bits per heavy atom. The van der Waals surface area contributed by atoms with Crippen LogP contribution in [0.1, 0.15) is 13.8 Å². The molecule has 1 aliphatic heterocycles. The molecule has 0 radical (unpaired) electrons. The van der Waals surface area contributed by atoms with Crippen LogP contribution in [0.4, 0.5) is 11.8 Å². The number of H-pyrrole nitrogens is 1. The van der Waals surface area contributed by atoms with Gasteiger partial charge in [0, 0.05) is 39.3 Å². The van der Waals surface area contributed by atoms with Crippen molar-refractivity contribution in [3.8, 4) is 0 Å². The number of nitrogens with zero attached hydrogens (tertiary/aromatic N) is 5. The summed E-state index contributed by atoms with van der Waals surface area (Å²) >= 11 is 0. The van der Waals surface area contributed by atoms with Gasteiger partial charge in [-0.1, -0.05) is 0 Å². The van der Waals surface area contributed by atoms with Crippen molar-refractivity contribution in [1.29, 1.82) is 0 Å². The van der Waals surface area contributed by atoms with Gasteiger partial charge in [-0.05, 0) is 13.8 Å². The van der Waals surface area contributed by atoms with Gasteiger partial charge in [-0.2, -0.15) is 15.1 Å². The Morgan fingerprint density at radius 2 is 1.95 bits per heavy atom. The van der Waals surface area contributed by atoms with E-state index in [9.17, 15) is 0 Å². The molecule has 2 aromatic heterocycles. The molecule has 0 aromatic carbocycles. The normalized spacial score (nSPS) is 17.1. The maximum absolute atomic E-state index is 4.61. The van der Waals surface area contributed by atoms with E-state index in [0.717, 1.165) is 43.0 Å². The second-order valence-corrected chi connectivity index (χ2v) is 5.37. The molecule has 0 saturated carbocycles. The molecule has 0 amide bonds. The lowest BCUT2D eigenvalue weighted by Crippen LogP contribution is -2.49. The van der Waals surface area contributed by atoms with E-state index in [4.69, 9.17) is 0 Å². The van der Waals surface area contributed by atoms with Crippen molar-refractivity contribution < 1.29 is 0 Å². The summed E-state index contributed by atoms with van der Waals surface area (Å²) in [6.45, 7) is 8.59. The standard InChI is InChI=1S/C13H21N7/c1-9(2)19-4-6-20(7-5-19)12-10-8-15-18-11(10)16-13(14-3)17-12/h8-9H,4-7H2,1-3H3,(H2,14,15,16,17,18). The minimum Gasteiger partial charge on any atom is -0.357 e. The summed E-state index contributed by atoms with van der Waals surface area (Å²) in [5, 5.41) is 11.0. The van der Waals surface area contributed by atoms with Crippen LogP contribution in [0, 0.1) is 0 Å². The molecule has 108 valence electrons. The Balaban J connectivity index is 1.88. The molecule has 0 bridgehead atoms. The first-order valence-corrected chi connectivity index (χ1v) is 7.07. The van der Waals surface area contributed by atoms with Gasteiger partial charge in [0.15, 0.2) is 5.65 Å². The molecule has 3 heterocycles. The Labute approximate surface area is 118 Å². The zero-order valence-corrected chi connectivity index (χ0v) is 12.2. The second-order valence-electron chi connectivity index (χ2n) is 5.37. The molecule has 1 fully saturated rings. The van der Waals surface area contributed by atoms with Crippen molar-refractivity contribution in [1.82, 2.24) is 25.1 Å². The Morgan fingerprint density at radius 3 is 2.60 bits per heavy atom. The van der Waals surface area contributed by atoms with Crippen LogP contribution in [0.15, 0.2) is 6.20 Å². The van der Waals surface area contributed by atoms with E-state index >= 15 is 0 Å². The molecule has 2 N–H and O–H groups in total. The van der Waals surface area contributed by atoms with E-state index in [1.807, 2.05) is 7.05 Å². The highest BCUT2D eigenvalue weighted by molar-refractivity contribution is 5.87. The van der Waals surface area contributed by atoms with Gasteiger partial charge in [0.1, 0.15) is 5.82 Å². The minimum absolute atomic E-state index is 0.601. The molecule has 3 rings (SSSR count). The van der Waals surface area contributed by atoms with Gasteiger partial charge >= 0.3 is 0 Å². The molecular weight excluding hydrogens is 254 g/mol. The maximum atomic E-state index is 4.61. The summed E-state index contributed by atoms with van der Waals surface area (Å²) in [6.07, 6.45) is 1.80. The number of anilines is 2. The van der Waals surface area contributed by atoms with E-state index in [1.54, 1.807) is 6.20 Å². The number of aromatic amines is 1. The van der Waals surface area contributed by atoms with Gasteiger partial charge in [0.2, 0.25) is 5.95 Å². The van der Waals surface area contributed by atoms with E-state index in [-0.39, 0.29) is 0 Å². The van der Waals surface area contributed by atoms with Gasteiger partial charge in [-0.25, -0.2) is 0 Å². The van der Waals surface area contributed by atoms with Gasteiger partial charge in [-0.15, -0.1) is 0 Å². The summed E-state index contributed by atoms with van der Waals surface area (Å²) in [5.41, 5.74) is 0.783. The molecule has 7 heteroatoms. The molecule has 0 unspecified atom stereocenters. The molecule has 0 spiro atoms. The predicted octanol–water partition coefficient (Wildman–Crippen LogP) is 0.925. The van der Waals surface area contributed by atoms with Crippen molar-refractivity contribution in [2.45, 2.75) is 19.9 Å². The smallest absolute Gasteiger partial charge is 0.226 e. The Hall–Kier alpha value is -1.89. The van der Waals surface area contributed by atoms with Crippen molar-refractivity contribution in [2.24, 2.45) is 0 Å². The molecule has 7 nitrogen and oxygen atoms in total. The lowest BCUT2D eigenvalue weighted by atomic mass is 10.2. The lowest BCUT2D eigenvalue weighted by molar-refractivity contribution is 0.209. The highest BCUT2D eigenvalue weighted by Gasteiger charge is 2.22. The molecule has 2 aromatic rings. The largest absolute Gasteiger partial charge is 0.357 e. The molecule has 20 heavy (non-hydrogen) atoms. The fraction of sp³-hybridized carbons (Fsp3) is 0.615. The van der Waals surface area contributed by atoms with Crippen LogP contribution in [-0.2, 0) is 0 Å². The molecular formula is C13H21N7. The van der Waals surface area contributed by atoms with E-state index in [1.165, 1.54) is 0 Å². The number of hydrogen-bond donors (Lipinski definition) is 2. The van der Waals surface area contributed by atoms with E-state index in [0.29, 0.717) is 12.0 Å². The third-order valence-corrected chi connectivity index (χ3v) is 3.86. The topological polar surface area (TPSA) is 73.0 Å². The number of aromatic nitrogens is 4. The van der Waals surface area contributed by atoms with Crippen LogP contribution in [0.2, 0.25) is 0 Å². The third kappa shape index (κ3) is 2.29. The van der Waals surface area contributed by atoms with Gasteiger partial charge in [-0.3, -0.25) is 10.00 Å². The summed E-state index contributed by atoms with van der Waals surface area (Å²) in [5.74, 6) is 1.60. The number of piperazine rings is 1. The summed E-state index contributed by atoms with van der Waals surface area (Å²) in [7, 11) is 1.83.